The normalized spacial score (nSPS) is 11.7. The molecule has 0 aliphatic heterocycles. The number of hydrazone groups is 1. The van der Waals surface area contributed by atoms with E-state index < -0.39 is 28.6 Å². The average molecular weight is 567 g/mol. The average Bonchev–Trinajstić information content (AvgIpc) is 2.85. The van der Waals surface area contributed by atoms with Crippen LogP contribution in [0.15, 0.2) is 65.8 Å². The molecule has 3 N–H and O–H groups in total. The first-order valence-electron chi connectivity index (χ1n) is 11.2. The Kier molecular flexibility index (Phi) is 9.87. The van der Waals surface area contributed by atoms with Crippen molar-refractivity contribution in [3.8, 4) is 0 Å². The summed E-state index contributed by atoms with van der Waals surface area (Å²) in [7, 11) is 1.84. The van der Waals surface area contributed by atoms with Crippen LogP contribution in [0.2, 0.25) is 10.0 Å². The zero-order valence-electron chi connectivity index (χ0n) is 20.0. The highest BCUT2D eigenvalue weighted by atomic mass is 35.5. The highest BCUT2D eigenvalue weighted by Gasteiger charge is 2.33. The van der Waals surface area contributed by atoms with Gasteiger partial charge in [-0.2, -0.15) is 18.3 Å². The number of aliphatic hydroxyl groups excluding tert-OH is 1. The maximum atomic E-state index is 13.1. The van der Waals surface area contributed by atoms with Gasteiger partial charge in [-0.15, -0.1) is 0 Å². The highest BCUT2D eigenvalue weighted by Crippen LogP contribution is 2.34. The van der Waals surface area contributed by atoms with E-state index >= 15 is 0 Å². The van der Waals surface area contributed by atoms with E-state index in [-0.39, 0.29) is 28.4 Å². The van der Waals surface area contributed by atoms with E-state index in [2.05, 4.69) is 15.8 Å². The van der Waals surface area contributed by atoms with Crippen molar-refractivity contribution in [1.82, 2.24) is 10.3 Å². The van der Waals surface area contributed by atoms with Crippen molar-refractivity contribution >= 4 is 46.9 Å². The fraction of sp³-hybridized carbons (Fsp3) is 0.192. The Morgan fingerprint density at radius 2 is 1.82 bits per heavy atom. The van der Waals surface area contributed by atoms with Crippen LogP contribution in [-0.2, 0) is 12.7 Å². The monoisotopic (exact) mass is 566 g/mol. The summed E-state index contributed by atoms with van der Waals surface area (Å²) in [6, 6.07) is 14.4. The number of carbonyl (C=O) groups excluding carboxylic acids is 2. The molecule has 0 saturated heterocycles. The van der Waals surface area contributed by atoms with Crippen molar-refractivity contribution in [3.63, 3.8) is 0 Å². The number of hydrogen-bond donors (Lipinski definition) is 3. The van der Waals surface area contributed by atoms with Crippen LogP contribution in [0.1, 0.15) is 37.4 Å². The molecule has 0 spiro atoms. The van der Waals surface area contributed by atoms with Crippen LogP contribution in [0.25, 0.3) is 0 Å². The quantitative estimate of drug-likeness (QED) is 0.237. The molecule has 38 heavy (non-hydrogen) atoms. The minimum Gasteiger partial charge on any atom is -0.395 e. The molecular weight excluding hydrogens is 544 g/mol. The zero-order valence-corrected chi connectivity index (χ0v) is 21.5. The fourth-order valence-corrected chi connectivity index (χ4v) is 3.84. The van der Waals surface area contributed by atoms with E-state index in [9.17, 15) is 22.8 Å². The molecular formula is C26H23Cl2F3N4O3. The molecule has 0 bridgehead atoms. The second-order valence-electron chi connectivity index (χ2n) is 8.24. The topological polar surface area (TPSA) is 94.0 Å². The number of alkyl halides is 3. The predicted molar refractivity (Wildman–Crippen MR) is 141 cm³/mol. The summed E-state index contributed by atoms with van der Waals surface area (Å²) in [6.07, 6.45) is -3.61. The lowest BCUT2D eigenvalue weighted by Gasteiger charge is -2.16. The largest absolute Gasteiger partial charge is 0.417 e. The molecule has 3 rings (SSSR count). The highest BCUT2D eigenvalue weighted by molar-refractivity contribution is 6.31. The number of hydrogen-bond acceptors (Lipinski definition) is 5. The van der Waals surface area contributed by atoms with Gasteiger partial charge in [-0.05, 0) is 60.6 Å². The summed E-state index contributed by atoms with van der Waals surface area (Å²) in [4.78, 5) is 27.6. The van der Waals surface area contributed by atoms with Gasteiger partial charge >= 0.3 is 6.18 Å². The van der Waals surface area contributed by atoms with Crippen LogP contribution in [-0.4, -0.2) is 48.2 Å². The summed E-state index contributed by atoms with van der Waals surface area (Å²) in [6.45, 7) is 1.01. The van der Waals surface area contributed by atoms with Crippen LogP contribution in [0.4, 0.5) is 18.9 Å². The second kappa shape index (κ2) is 12.9. The number of halogens is 5. The molecule has 0 radical (unpaired) electrons. The molecule has 0 saturated carbocycles. The molecule has 0 heterocycles. The maximum Gasteiger partial charge on any atom is 0.417 e. The molecule has 2 amide bonds. The molecule has 0 aromatic heterocycles. The molecule has 200 valence electrons. The van der Waals surface area contributed by atoms with E-state index in [1.807, 2.05) is 18.0 Å². The molecule has 0 aliphatic rings. The summed E-state index contributed by atoms with van der Waals surface area (Å²) in [5.74, 6) is -1.22. The minimum atomic E-state index is -4.65. The van der Waals surface area contributed by atoms with Crippen LogP contribution < -0.4 is 10.7 Å². The number of amides is 2. The number of rotatable bonds is 9. The molecule has 7 nitrogen and oxygen atoms in total. The fourth-order valence-electron chi connectivity index (χ4n) is 3.45. The van der Waals surface area contributed by atoms with Gasteiger partial charge in [0.05, 0.1) is 34.7 Å². The smallest absolute Gasteiger partial charge is 0.395 e. The first-order chi connectivity index (χ1) is 18.0. The number of nitrogens with zero attached hydrogens (tertiary/aromatic N) is 2. The number of likely N-dealkylation sites (N-methyl/N-ethyl adjacent to an activating group) is 1. The van der Waals surface area contributed by atoms with Gasteiger partial charge in [-0.25, -0.2) is 5.43 Å². The Morgan fingerprint density at radius 3 is 2.53 bits per heavy atom. The van der Waals surface area contributed by atoms with E-state index in [0.717, 1.165) is 23.9 Å². The van der Waals surface area contributed by atoms with Crippen molar-refractivity contribution < 1.29 is 27.9 Å². The third kappa shape index (κ3) is 8.03. The Balaban J connectivity index is 1.75. The summed E-state index contributed by atoms with van der Waals surface area (Å²) in [5, 5.41) is 15.2. The lowest BCUT2D eigenvalue weighted by atomic mass is 10.1. The standard InChI is InChI=1S/C26H23Cl2F3N4O3/c1-35(9-10-36)15-17-3-2-4-18(11-17)24(37)33-23-8-6-19(27)13-20(23)25(38)34-32-14-16-5-7-22(28)21(12-16)26(29,30)31/h2-8,11-14,36H,9-10,15H2,1H3,(H,33,37)(H,34,38)/b32-14-. The van der Waals surface area contributed by atoms with Crippen molar-refractivity contribution in [3.05, 3.63) is 98.5 Å². The molecule has 12 heteroatoms. The Bertz CT molecular complexity index is 1350. The van der Waals surface area contributed by atoms with Gasteiger partial charge in [0.15, 0.2) is 0 Å². The first kappa shape index (κ1) is 29.1. The molecule has 0 unspecified atom stereocenters. The summed E-state index contributed by atoms with van der Waals surface area (Å²) in [5.41, 5.74) is 2.61. The molecule has 0 aliphatic carbocycles. The summed E-state index contributed by atoms with van der Waals surface area (Å²) < 4.78 is 39.2. The number of carbonyl (C=O) groups is 2. The third-order valence-electron chi connectivity index (χ3n) is 5.27. The second-order valence-corrected chi connectivity index (χ2v) is 9.09. The van der Waals surface area contributed by atoms with Crippen molar-refractivity contribution in [2.24, 2.45) is 5.10 Å². The Morgan fingerprint density at radius 1 is 1.05 bits per heavy atom. The lowest BCUT2D eigenvalue weighted by Crippen LogP contribution is -2.22. The van der Waals surface area contributed by atoms with Gasteiger partial charge < -0.3 is 10.4 Å². The molecule has 0 fully saturated rings. The first-order valence-corrected chi connectivity index (χ1v) is 11.9. The van der Waals surface area contributed by atoms with E-state index in [0.29, 0.717) is 18.7 Å². The Hall–Kier alpha value is -3.44. The van der Waals surface area contributed by atoms with E-state index in [1.165, 1.54) is 24.3 Å². The van der Waals surface area contributed by atoms with Gasteiger partial charge in [0.2, 0.25) is 0 Å². The van der Waals surface area contributed by atoms with Gasteiger partial charge in [-0.3, -0.25) is 14.5 Å². The molecule has 0 atom stereocenters. The van der Waals surface area contributed by atoms with Gasteiger partial charge in [0.25, 0.3) is 11.8 Å². The predicted octanol–water partition coefficient (Wildman–Crippen LogP) is 5.45. The van der Waals surface area contributed by atoms with Gasteiger partial charge in [0, 0.05) is 23.7 Å². The number of anilines is 1. The van der Waals surface area contributed by atoms with Crippen LogP contribution in [0.5, 0.6) is 0 Å². The maximum absolute atomic E-state index is 13.1. The van der Waals surface area contributed by atoms with Crippen LogP contribution in [0.3, 0.4) is 0 Å². The van der Waals surface area contributed by atoms with Crippen molar-refractivity contribution in [2.45, 2.75) is 12.7 Å². The van der Waals surface area contributed by atoms with E-state index in [4.69, 9.17) is 28.3 Å². The zero-order chi connectivity index (χ0) is 27.9. The number of benzene rings is 3. The number of aliphatic hydroxyl groups is 1. The lowest BCUT2D eigenvalue weighted by molar-refractivity contribution is -0.137. The third-order valence-corrected chi connectivity index (χ3v) is 5.84. The number of nitrogens with one attached hydrogen (secondary N) is 2. The van der Waals surface area contributed by atoms with Crippen LogP contribution in [0, 0.1) is 0 Å². The molecule has 3 aromatic rings. The van der Waals surface area contributed by atoms with Crippen molar-refractivity contribution in [2.75, 3.05) is 25.5 Å². The van der Waals surface area contributed by atoms with Crippen LogP contribution >= 0.6 is 23.2 Å². The minimum absolute atomic E-state index is 0.00563. The van der Waals surface area contributed by atoms with E-state index in [1.54, 1.807) is 18.2 Å². The van der Waals surface area contributed by atoms with Crippen molar-refractivity contribution in [1.29, 1.82) is 0 Å². The molecule has 3 aromatic carbocycles. The van der Waals surface area contributed by atoms with Gasteiger partial charge in [-0.1, -0.05) is 41.4 Å². The SMILES string of the molecule is CN(CCO)Cc1cccc(C(=O)Nc2ccc(Cl)cc2C(=O)N/N=C\c2ccc(Cl)c(C(F)(F)F)c2)c1. The van der Waals surface area contributed by atoms with Gasteiger partial charge in [0.1, 0.15) is 0 Å². The Labute approximate surface area is 226 Å². The summed E-state index contributed by atoms with van der Waals surface area (Å²) >= 11 is 11.7.